The third-order valence-electron chi connectivity index (χ3n) is 9.69. The van der Waals surface area contributed by atoms with Crippen molar-refractivity contribution in [2.24, 2.45) is 0 Å². The van der Waals surface area contributed by atoms with Gasteiger partial charge in [-0.1, -0.05) is 0 Å². The molecule has 9 rings (SSSR count). The minimum atomic E-state index is -3.70. The molecule has 0 fully saturated rings. The van der Waals surface area contributed by atoms with Gasteiger partial charge in [0.05, 0.1) is 0 Å². The first-order valence-corrected chi connectivity index (χ1v) is 23.1. The van der Waals surface area contributed by atoms with Crippen molar-refractivity contribution in [2.45, 2.75) is 9.89 Å². The van der Waals surface area contributed by atoms with Crippen LogP contribution in [0.5, 0.6) is 0 Å². The average Bonchev–Trinajstić information content (AvgIpc) is 3.87. The first-order valence-electron chi connectivity index (χ1n) is 15.5. The Morgan fingerprint density at radius 2 is 0.739 bits per heavy atom. The van der Waals surface area contributed by atoms with Crippen LogP contribution >= 0.6 is 34.0 Å². The van der Waals surface area contributed by atoms with Gasteiger partial charge >= 0.3 is 290 Å². The summed E-state index contributed by atoms with van der Waals surface area (Å²) in [5, 5.41) is 27.3. The quantitative estimate of drug-likeness (QED) is 0.159. The van der Waals surface area contributed by atoms with E-state index in [0.717, 1.165) is 0 Å². The van der Waals surface area contributed by atoms with Crippen LogP contribution < -0.4 is 16.0 Å². The first kappa shape index (κ1) is 28.5. The third kappa shape index (κ3) is 4.15. The Hall–Kier alpha value is -3.75. The van der Waals surface area contributed by atoms with Crippen LogP contribution in [-0.4, -0.2) is 21.4 Å². The fourth-order valence-corrected chi connectivity index (χ4v) is 29.8. The molecule has 0 saturated carbocycles. The van der Waals surface area contributed by atoms with E-state index >= 15 is 0 Å². The summed E-state index contributed by atoms with van der Waals surface area (Å²) in [6.45, 7) is 0. The molecule has 0 aliphatic carbocycles. The predicted molar refractivity (Wildman–Crippen MR) is 201 cm³/mol. The molecule has 0 saturated heterocycles. The van der Waals surface area contributed by atoms with E-state index in [4.69, 9.17) is 0 Å². The zero-order valence-corrected chi connectivity index (χ0v) is 30.6. The molecule has 3 aromatic heterocycles. The second-order valence-corrected chi connectivity index (χ2v) is 25.0. The molecule has 46 heavy (non-hydrogen) atoms. The number of allylic oxidation sites excluding steroid dienone is 6. The van der Waals surface area contributed by atoms with Crippen molar-refractivity contribution >= 4 is 87.8 Å². The number of fused-ring (bicyclic) bond motifs is 3. The monoisotopic (exact) mass is 751 g/mol. The summed E-state index contributed by atoms with van der Waals surface area (Å²) >= 11 is 1.99. The molecular formula is C39H30InN3S3. The molecule has 6 aromatic rings. The van der Waals surface area contributed by atoms with Crippen LogP contribution in [0.2, 0.25) is 0 Å². The van der Waals surface area contributed by atoms with Gasteiger partial charge in [-0.05, 0) is 0 Å². The second-order valence-electron chi connectivity index (χ2n) is 12.1. The van der Waals surface area contributed by atoms with Crippen LogP contribution in [0.3, 0.4) is 0 Å². The molecule has 0 radical (unpaired) electrons. The van der Waals surface area contributed by atoms with Gasteiger partial charge in [0.15, 0.2) is 0 Å². The van der Waals surface area contributed by atoms with E-state index in [1.54, 1.807) is 0 Å². The number of thiophene rings is 3. The topological polar surface area (TPSA) is 36.1 Å². The summed E-state index contributed by atoms with van der Waals surface area (Å²) in [6, 6.07) is 26.7. The zero-order valence-electron chi connectivity index (χ0n) is 24.9. The fraction of sp³-hybridized carbons (Fsp3) is 0.0769. The van der Waals surface area contributed by atoms with Crippen molar-refractivity contribution in [1.82, 2.24) is 16.0 Å². The van der Waals surface area contributed by atoms with Gasteiger partial charge in [0.1, 0.15) is 0 Å². The van der Waals surface area contributed by atoms with Gasteiger partial charge in [-0.3, -0.25) is 0 Å². The molecule has 0 bridgehead atoms. The third-order valence-corrected chi connectivity index (χ3v) is 28.3. The number of hydrogen-bond donors (Lipinski definition) is 3. The van der Waals surface area contributed by atoms with E-state index in [9.17, 15) is 0 Å². The number of rotatable bonds is 6. The molecule has 0 amide bonds. The molecule has 3 aromatic carbocycles. The normalized spacial score (nSPS) is 24.8. The average molecular weight is 752 g/mol. The summed E-state index contributed by atoms with van der Waals surface area (Å²) in [7, 11) is 0. The van der Waals surface area contributed by atoms with Gasteiger partial charge in [-0.15, -0.1) is 0 Å². The summed E-state index contributed by atoms with van der Waals surface area (Å²) in [6.07, 6.45) is 27.3. The second kappa shape index (κ2) is 11.2. The number of nitrogens with one attached hydrogen (secondary N) is 3. The first-order chi connectivity index (χ1) is 22.8. The summed E-state index contributed by atoms with van der Waals surface area (Å²) in [5.74, 6) is 0. The maximum atomic E-state index is 4.14. The summed E-state index contributed by atoms with van der Waals surface area (Å²) < 4.78 is -1.28. The minimum absolute atomic E-state index is 0.425. The molecule has 3 N–H and O–H groups in total. The van der Waals surface area contributed by atoms with Gasteiger partial charge in [-0.2, -0.15) is 0 Å². The number of dihydropyridines is 3. The van der Waals surface area contributed by atoms with E-state index in [0.29, 0.717) is 0 Å². The van der Waals surface area contributed by atoms with Crippen LogP contribution in [0.4, 0.5) is 0 Å². The van der Waals surface area contributed by atoms with E-state index in [1.165, 1.54) is 46.9 Å². The molecule has 3 aliphatic rings. The maximum absolute atomic E-state index is 4.14. The van der Waals surface area contributed by atoms with E-state index in [2.05, 4.69) is 178 Å². The Morgan fingerprint density at radius 1 is 0.413 bits per heavy atom. The van der Waals surface area contributed by atoms with Crippen molar-refractivity contribution < 1.29 is 0 Å². The Labute approximate surface area is 288 Å². The molecule has 222 valence electrons. The number of hydrogen-bond acceptors (Lipinski definition) is 6. The Morgan fingerprint density at radius 3 is 1.04 bits per heavy atom. The van der Waals surface area contributed by atoms with Gasteiger partial charge < -0.3 is 0 Å². The number of benzene rings is 3. The van der Waals surface area contributed by atoms with Crippen molar-refractivity contribution in [2.75, 3.05) is 0 Å². The van der Waals surface area contributed by atoms with Crippen molar-refractivity contribution in [3.05, 3.63) is 177 Å². The molecule has 7 heteroatoms. The fourth-order valence-electron chi connectivity index (χ4n) is 7.86. The van der Waals surface area contributed by atoms with Crippen molar-refractivity contribution in [1.29, 1.82) is 0 Å². The Kier molecular flexibility index (Phi) is 6.93. The standard InChI is InChI=1S/3C13H10NS.In/c3*1-2-6-11-10(5-1)9-15-13(11)12-7-3-4-8-14-12;/h3*1-9,14H;. The van der Waals surface area contributed by atoms with Crippen LogP contribution in [0.1, 0.15) is 14.6 Å². The van der Waals surface area contributed by atoms with Gasteiger partial charge in [-0.25, -0.2) is 0 Å². The SMILES string of the molecule is C1=CN[C](c2scc3ccccc23)([In]([C]2(c3scc4ccccc34)C=CC=CN2)[C]2(c3scc4ccccc34)C=CC=CN2)C=C1. The molecular weight excluding hydrogens is 721 g/mol. The predicted octanol–water partition coefficient (Wildman–Crippen LogP) is 9.45. The molecule has 6 heterocycles. The molecule has 3 aliphatic heterocycles. The molecule has 3 nitrogen and oxygen atoms in total. The van der Waals surface area contributed by atoms with Crippen LogP contribution in [0.15, 0.2) is 162 Å². The van der Waals surface area contributed by atoms with E-state index in [1.807, 2.05) is 34.0 Å². The van der Waals surface area contributed by atoms with Crippen molar-refractivity contribution in [3.63, 3.8) is 0 Å². The molecule has 3 unspecified atom stereocenters. The van der Waals surface area contributed by atoms with Crippen LogP contribution in [0.25, 0.3) is 32.3 Å². The van der Waals surface area contributed by atoms with E-state index < -0.39 is 31.3 Å². The molecule has 0 spiro atoms. The van der Waals surface area contributed by atoms with Gasteiger partial charge in [0, 0.05) is 0 Å². The van der Waals surface area contributed by atoms with Gasteiger partial charge in [0.25, 0.3) is 0 Å². The van der Waals surface area contributed by atoms with E-state index in [-0.39, 0.29) is 0 Å². The van der Waals surface area contributed by atoms with Crippen molar-refractivity contribution in [3.8, 4) is 0 Å². The Bertz CT molecular complexity index is 2040. The van der Waals surface area contributed by atoms with Crippen LogP contribution in [0, 0.1) is 0 Å². The summed E-state index contributed by atoms with van der Waals surface area (Å²) in [4.78, 5) is 4.17. The summed E-state index contributed by atoms with van der Waals surface area (Å²) in [5.41, 5.74) is 0. The zero-order chi connectivity index (χ0) is 30.6. The Balaban J connectivity index is 1.45. The molecule has 3 atom stereocenters. The van der Waals surface area contributed by atoms with Gasteiger partial charge in [0.2, 0.25) is 0 Å². The van der Waals surface area contributed by atoms with Crippen LogP contribution in [-0.2, 0) is 9.89 Å².